The largest absolute Gasteiger partial charge is 0.508 e. The number of phenols is 1. The lowest BCUT2D eigenvalue weighted by atomic mass is 10.1. The summed E-state index contributed by atoms with van der Waals surface area (Å²) in [4.78, 5) is 2.16. The number of aromatic hydroxyl groups is 1. The van der Waals surface area contributed by atoms with Crippen LogP contribution in [0.5, 0.6) is 11.5 Å². The molecule has 0 aliphatic heterocycles. The van der Waals surface area contributed by atoms with E-state index in [1.165, 1.54) is 0 Å². The van der Waals surface area contributed by atoms with Crippen molar-refractivity contribution in [2.75, 3.05) is 27.7 Å². The Balaban J connectivity index is 2.68. The summed E-state index contributed by atoms with van der Waals surface area (Å²) in [5, 5.41) is 13.3. The average Bonchev–Trinajstić information content (AvgIpc) is 2.35. The van der Waals surface area contributed by atoms with Gasteiger partial charge < -0.3 is 20.1 Å². The van der Waals surface area contributed by atoms with E-state index < -0.39 is 0 Å². The summed E-state index contributed by atoms with van der Waals surface area (Å²) in [6.07, 6.45) is 0. The Morgan fingerprint density at radius 2 is 2.00 bits per heavy atom. The lowest BCUT2D eigenvalue weighted by Gasteiger charge is -2.23. The van der Waals surface area contributed by atoms with Crippen LogP contribution >= 0.6 is 0 Å². The lowest BCUT2D eigenvalue weighted by Crippen LogP contribution is -2.36. The van der Waals surface area contributed by atoms with Crippen LogP contribution in [0.1, 0.15) is 25.5 Å². The van der Waals surface area contributed by atoms with Crippen LogP contribution < -0.4 is 10.1 Å². The van der Waals surface area contributed by atoms with Gasteiger partial charge in [0.05, 0.1) is 7.11 Å². The number of phenolic OH excluding ortho intramolecular Hbond substituents is 1. The maximum absolute atomic E-state index is 9.87. The first-order valence-electron chi connectivity index (χ1n) is 6.22. The van der Waals surface area contributed by atoms with Gasteiger partial charge in [-0.3, -0.25) is 0 Å². The molecule has 1 aromatic rings. The molecule has 1 rings (SSSR count). The Bertz CT molecular complexity index is 380. The number of hydrogen-bond donors (Lipinski definition) is 2. The van der Waals surface area contributed by atoms with E-state index in [4.69, 9.17) is 4.74 Å². The minimum atomic E-state index is 0.0856. The number of benzene rings is 1. The zero-order valence-electron chi connectivity index (χ0n) is 11.9. The van der Waals surface area contributed by atoms with Crippen LogP contribution in [0.2, 0.25) is 0 Å². The molecule has 1 aromatic carbocycles. The molecule has 0 aliphatic carbocycles. The maximum atomic E-state index is 9.87. The van der Waals surface area contributed by atoms with Gasteiger partial charge in [0.1, 0.15) is 11.5 Å². The van der Waals surface area contributed by atoms with Crippen LogP contribution in [-0.2, 0) is 0 Å². The first-order chi connectivity index (χ1) is 8.45. The molecule has 0 aromatic heterocycles. The Labute approximate surface area is 110 Å². The number of rotatable bonds is 6. The van der Waals surface area contributed by atoms with Crippen molar-refractivity contribution in [2.24, 2.45) is 0 Å². The molecule has 0 aliphatic rings. The summed E-state index contributed by atoms with van der Waals surface area (Å²) in [6.45, 7) is 5.06. The van der Waals surface area contributed by atoms with Crippen LogP contribution in [0, 0.1) is 0 Å². The normalized spacial score (nSPS) is 14.6. The van der Waals surface area contributed by atoms with Gasteiger partial charge in [0.15, 0.2) is 0 Å². The van der Waals surface area contributed by atoms with Crippen molar-refractivity contribution in [1.82, 2.24) is 10.2 Å². The topological polar surface area (TPSA) is 44.7 Å². The van der Waals surface area contributed by atoms with Gasteiger partial charge in [0, 0.05) is 24.2 Å². The third-order valence-corrected chi connectivity index (χ3v) is 3.30. The number of nitrogens with one attached hydrogen (secondary N) is 1. The fourth-order valence-corrected chi connectivity index (χ4v) is 1.65. The van der Waals surface area contributed by atoms with Gasteiger partial charge in [-0.05, 0) is 46.1 Å². The highest BCUT2D eigenvalue weighted by molar-refractivity contribution is 5.41. The third kappa shape index (κ3) is 3.89. The Kier molecular flexibility index (Phi) is 5.44. The van der Waals surface area contributed by atoms with Crippen molar-refractivity contribution in [3.63, 3.8) is 0 Å². The third-order valence-electron chi connectivity index (χ3n) is 3.30. The van der Waals surface area contributed by atoms with Crippen molar-refractivity contribution in [3.8, 4) is 11.5 Å². The molecule has 4 heteroatoms. The van der Waals surface area contributed by atoms with Crippen molar-refractivity contribution < 1.29 is 9.84 Å². The van der Waals surface area contributed by atoms with Gasteiger partial charge in [0.25, 0.3) is 0 Å². The van der Waals surface area contributed by atoms with Gasteiger partial charge in [-0.1, -0.05) is 0 Å². The van der Waals surface area contributed by atoms with Crippen LogP contribution in [0.25, 0.3) is 0 Å². The number of methoxy groups -OCH3 is 1. The monoisotopic (exact) mass is 252 g/mol. The highest BCUT2D eigenvalue weighted by Gasteiger charge is 2.13. The minimum absolute atomic E-state index is 0.0856. The van der Waals surface area contributed by atoms with E-state index in [1.807, 2.05) is 13.0 Å². The molecule has 0 saturated carbocycles. The predicted octanol–water partition coefficient (Wildman–Crippen LogP) is 2.00. The molecule has 2 unspecified atom stereocenters. The van der Waals surface area contributed by atoms with Crippen molar-refractivity contribution in [1.29, 1.82) is 0 Å². The average molecular weight is 252 g/mol. The summed E-state index contributed by atoms with van der Waals surface area (Å²) in [7, 11) is 5.74. The van der Waals surface area contributed by atoms with Gasteiger partial charge in [-0.15, -0.1) is 0 Å². The zero-order valence-corrected chi connectivity index (χ0v) is 11.9. The summed E-state index contributed by atoms with van der Waals surface area (Å²) in [6, 6.07) is 5.82. The standard InChI is InChI=1S/C14H24N2O2/c1-10(16(3)4)9-15-11(2)13-8-12(18-5)6-7-14(13)17/h6-8,10-11,15,17H,9H2,1-5H3. The summed E-state index contributed by atoms with van der Waals surface area (Å²) in [5.41, 5.74) is 0.861. The van der Waals surface area contributed by atoms with Gasteiger partial charge in [-0.2, -0.15) is 0 Å². The van der Waals surface area contributed by atoms with Gasteiger partial charge in [-0.25, -0.2) is 0 Å². The minimum Gasteiger partial charge on any atom is -0.508 e. The molecule has 18 heavy (non-hydrogen) atoms. The molecule has 0 heterocycles. The molecular weight excluding hydrogens is 228 g/mol. The number of likely N-dealkylation sites (N-methyl/N-ethyl adjacent to an activating group) is 1. The van der Waals surface area contributed by atoms with E-state index in [0.717, 1.165) is 17.9 Å². The number of hydrogen-bond acceptors (Lipinski definition) is 4. The fourth-order valence-electron chi connectivity index (χ4n) is 1.65. The smallest absolute Gasteiger partial charge is 0.120 e. The Morgan fingerprint density at radius 1 is 1.33 bits per heavy atom. The molecule has 2 atom stereocenters. The Morgan fingerprint density at radius 3 is 2.56 bits per heavy atom. The van der Waals surface area contributed by atoms with Crippen molar-refractivity contribution >= 4 is 0 Å². The molecular formula is C14H24N2O2. The van der Waals surface area contributed by atoms with Crippen LogP contribution in [0.3, 0.4) is 0 Å². The SMILES string of the molecule is COc1ccc(O)c(C(C)NCC(C)N(C)C)c1. The lowest BCUT2D eigenvalue weighted by molar-refractivity contribution is 0.294. The van der Waals surface area contributed by atoms with E-state index >= 15 is 0 Å². The van der Waals surface area contributed by atoms with Gasteiger partial charge in [0.2, 0.25) is 0 Å². The van der Waals surface area contributed by atoms with E-state index in [9.17, 15) is 5.11 Å². The molecule has 0 bridgehead atoms. The van der Waals surface area contributed by atoms with E-state index in [1.54, 1.807) is 19.2 Å². The van der Waals surface area contributed by atoms with Crippen LogP contribution in [0.15, 0.2) is 18.2 Å². The van der Waals surface area contributed by atoms with Gasteiger partial charge >= 0.3 is 0 Å². The van der Waals surface area contributed by atoms with Crippen molar-refractivity contribution in [3.05, 3.63) is 23.8 Å². The molecule has 0 amide bonds. The van der Waals surface area contributed by atoms with Crippen LogP contribution in [0.4, 0.5) is 0 Å². The quantitative estimate of drug-likeness (QED) is 0.813. The first-order valence-corrected chi connectivity index (χ1v) is 6.22. The number of nitrogens with zero attached hydrogens (tertiary/aromatic N) is 1. The zero-order chi connectivity index (χ0) is 13.7. The molecule has 2 N–H and O–H groups in total. The predicted molar refractivity (Wildman–Crippen MR) is 74.2 cm³/mol. The Hall–Kier alpha value is -1.26. The second-order valence-electron chi connectivity index (χ2n) is 4.87. The molecule has 0 fully saturated rings. The molecule has 102 valence electrons. The van der Waals surface area contributed by atoms with E-state index in [-0.39, 0.29) is 6.04 Å². The maximum Gasteiger partial charge on any atom is 0.120 e. The first kappa shape index (κ1) is 14.8. The highest BCUT2D eigenvalue weighted by Crippen LogP contribution is 2.28. The van der Waals surface area contributed by atoms with E-state index in [2.05, 4.69) is 31.2 Å². The van der Waals surface area contributed by atoms with Crippen molar-refractivity contribution in [2.45, 2.75) is 25.9 Å². The summed E-state index contributed by atoms with van der Waals surface area (Å²) in [5.74, 6) is 1.06. The molecule has 0 spiro atoms. The fraction of sp³-hybridized carbons (Fsp3) is 0.571. The highest BCUT2D eigenvalue weighted by atomic mass is 16.5. The second kappa shape index (κ2) is 6.61. The molecule has 0 radical (unpaired) electrons. The molecule has 4 nitrogen and oxygen atoms in total. The second-order valence-corrected chi connectivity index (χ2v) is 4.87. The summed E-state index contributed by atoms with van der Waals surface area (Å²) >= 11 is 0. The molecule has 0 saturated heterocycles. The van der Waals surface area contributed by atoms with Crippen LogP contribution in [-0.4, -0.2) is 43.8 Å². The van der Waals surface area contributed by atoms with E-state index in [0.29, 0.717) is 11.8 Å². The summed E-state index contributed by atoms with van der Waals surface area (Å²) < 4.78 is 5.18. The number of ether oxygens (including phenoxy) is 1.